The van der Waals surface area contributed by atoms with Crippen LogP contribution in [0.1, 0.15) is 0 Å². The minimum atomic E-state index is -3.52. The highest BCUT2D eigenvalue weighted by Crippen LogP contribution is 2.13. The van der Waals surface area contributed by atoms with Crippen LogP contribution in [-0.2, 0) is 16.6 Å². The monoisotopic (exact) mass is 399 g/mol. The third-order valence-electron chi connectivity index (χ3n) is 3.95. The summed E-state index contributed by atoms with van der Waals surface area (Å²) in [5.74, 6) is 0.444. The molecule has 146 valence electrons. The van der Waals surface area contributed by atoms with Gasteiger partial charge in [-0.15, -0.1) is 0 Å². The number of rotatable bonds is 9. The Morgan fingerprint density at radius 2 is 1.61 bits per heavy atom. The summed E-state index contributed by atoms with van der Waals surface area (Å²) in [5, 5.41) is 4.31. The van der Waals surface area contributed by atoms with Crippen molar-refractivity contribution in [2.75, 3.05) is 18.9 Å². The SMILES string of the molecule is O=c1ccc(-c2ccccc2)nn1CCNS(=O)(=O)CCOc1ccccc1. The summed E-state index contributed by atoms with van der Waals surface area (Å²) in [6.07, 6.45) is 0. The molecule has 1 N–H and O–H groups in total. The zero-order valence-corrected chi connectivity index (χ0v) is 16.0. The van der Waals surface area contributed by atoms with Gasteiger partial charge in [0, 0.05) is 18.2 Å². The normalized spacial score (nSPS) is 11.3. The number of hydrogen-bond acceptors (Lipinski definition) is 5. The van der Waals surface area contributed by atoms with E-state index in [-0.39, 0.29) is 31.0 Å². The van der Waals surface area contributed by atoms with Gasteiger partial charge in [0.2, 0.25) is 10.0 Å². The van der Waals surface area contributed by atoms with E-state index >= 15 is 0 Å². The van der Waals surface area contributed by atoms with Gasteiger partial charge in [-0.1, -0.05) is 48.5 Å². The lowest BCUT2D eigenvalue weighted by atomic mass is 10.1. The van der Waals surface area contributed by atoms with Gasteiger partial charge >= 0.3 is 0 Å². The lowest BCUT2D eigenvalue weighted by molar-refractivity contribution is 0.340. The second-order valence-electron chi connectivity index (χ2n) is 6.02. The minimum Gasteiger partial charge on any atom is -0.492 e. The number of ether oxygens (including phenoxy) is 1. The molecule has 0 aliphatic carbocycles. The van der Waals surface area contributed by atoms with Gasteiger partial charge < -0.3 is 4.74 Å². The Hall–Kier alpha value is -2.97. The molecule has 0 fully saturated rings. The van der Waals surface area contributed by atoms with Crippen molar-refractivity contribution < 1.29 is 13.2 Å². The summed E-state index contributed by atoms with van der Waals surface area (Å²) >= 11 is 0. The summed E-state index contributed by atoms with van der Waals surface area (Å²) in [5.41, 5.74) is 1.25. The van der Waals surface area contributed by atoms with E-state index in [0.29, 0.717) is 11.4 Å². The number of aromatic nitrogens is 2. The fourth-order valence-electron chi connectivity index (χ4n) is 2.54. The van der Waals surface area contributed by atoms with Gasteiger partial charge in [-0.25, -0.2) is 17.8 Å². The average Bonchev–Trinajstić information content (AvgIpc) is 2.71. The van der Waals surface area contributed by atoms with E-state index in [9.17, 15) is 13.2 Å². The Morgan fingerprint density at radius 1 is 0.929 bits per heavy atom. The Balaban J connectivity index is 1.53. The van der Waals surface area contributed by atoms with Gasteiger partial charge in [0.1, 0.15) is 12.4 Å². The van der Waals surface area contributed by atoms with E-state index in [4.69, 9.17) is 4.74 Å². The molecule has 0 saturated heterocycles. The summed E-state index contributed by atoms with van der Waals surface area (Å²) in [6.45, 7) is 0.248. The van der Waals surface area contributed by atoms with Crippen molar-refractivity contribution in [2.45, 2.75) is 6.54 Å². The smallest absolute Gasteiger partial charge is 0.266 e. The summed E-state index contributed by atoms with van der Waals surface area (Å²) in [4.78, 5) is 12.0. The third-order valence-corrected chi connectivity index (χ3v) is 5.29. The van der Waals surface area contributed by atoms with Crippen LogP contribution in [0.5, 0.6) is 5.75 Å². The third kappa shape index (κ3) is 5.77. The van der Waals surface area contributed by atoms with Crippen molar-refractivity contribution in [1.82, 2.24) is 14.5 Å². The zero-order chi connectivity index (χ0) is 19.8. The first-order chi connectivity index (χ1) is 13.5. The number of para-hydroxylation sites is 1. The van der Waals surface area contributed by atoms with Crippen molar-refractivity contribution in [3.8, 4) is 17.0 Å². The van der Waals surface area contributed by atoms with Crippen LogP contribution < -0.4 is 15.0 Å². The van der Waals surface area contributed by atoms with Gasteiger partial charge in [-0.2, -0.15) is 5.10 Å². The second kappa shape index (κ2) is 9.29. The highest BCUT2D eigenvalue weighted by molar-refractivity contribution is 7.89. The molecule has 7 nitrogen and oxygen atoms in total. The van der Waals surface area contributed by atoms with Crippen LogP contribution >= 0.6 is 0 Å². The van der Waals surface area contributed by atoms with E-state index in [1.54, 1.807) is 18.2 Å². The molecule has 0 unspecified atom stereocenters. The maximum Gasteiger partial charge on any atom is 0.266 e. The van der Waals surface area contributed by atoms with Crippen molar-refractivity contribution in [2.24, 2.45) is 0 Å². The molecular formula is C20H21N3O4S. The van der Waals surface area contributed by atoms with E-state index < -0.39 is 10.0 Å². The number of nitrogens with one attached hydrogen (secondary N) is 1. The summed E-state index contributed by atoms with van der Waals surface area (Å²) in [7, 11) is -3.52. The highest BCUT2D eigenvalue weighted by Gasteiger charge is 2.11. The molecule has 1 heterocycles. The van der Waals surface area contributed by atoms with E-state index in [1.807, 2.05) is 48.5 Å². The molecule has 3 rings (SSSR count). The fraction of sp³-hybridized carbons (Fsp3) is 0.200. The fourth-order valence-corrected chi connectivity index (χ4v) is 3.39. The zero-order valence-electron chi connectivity index (χ0n) is 15.2. The van der Waals surface area contributed by atoms with Crippen molar-refractivity contribution in [1.29, 1.82) is 0 Å². The minimum absolute atomic E-state index is 0.0427. The molecule has 0 amide bonds. The predicted molar refractivity (Wildman–Crippen MR) is 108 cm³/mol. The molecule has 0 atom stereocenters. The van der Waals surface area contributed by atoms with Crippen LogP contribution in [0.4, 0.5) is 0 Å². The predicted octanol–water partition coefficient (Wildman–Crippen LogP) is 1.91. The van der Waals surface area contributed by atoms with Crippen molar-refractivity contribution in [3.63, 3.8) is 0 Å². The Kier molecular flexibility index (Phi) is 6.57. The van der Waals surface area contributed by atoms with Crippen LogP contribution in [0.15, 0.2) is 77.6 Å². The van der Waals surface area contributed by atoms with Gasteiger partial charge in [0.15, 0.2) is 0 Å². The average molecular weight is 399 g/mol. The first-order valence-corrected chi connectivity index (χ1v) is 10.5. The number of sulfonamides is 1. The molecule has 3 aromatic rings. The quantitative estimate of drug-likeness (QED) is 0.594. The van der Waals surface area contributed by atoms with E-state index in [2.05, 4.69) is 9.82 Å². The number of nitrogens with zero attached hydrogens (tertiary/aromatic N) is 2. The van der Waals surface area contributed by atoms with Crippen LogP contribution in [0.2, 0.25) is 0 Å². The molecule has 0 saturated carbocycles. The lowest BCUT2D eigenvalue weighted by Gasteiger charge is -2.10. The molecular weight excluding hydrogens is 378 g/mol. The molecule has 1 aromatic heterocycles. The van der Waals surface area contributed by atoms with Crippen LogP contribution in [0.25, 0.3) is 11.3 Å². The van der Waals surface area contributed by atoms with Gasteiger partial charge in [0.05, 0.1) is 18.0 Å². The largest absolute Gasteiger partial charge is 0.492 e. The van der Waals surface area contributed by atoms with Gasteiger partial charge in [-0.3, -0.25) is 4.79 Å². The first-order valence-electron chi connectivity index (χ1n) is 8.82. The molecule has 0 radical (unpaired) electrons. The molecule has 0 spiro atoms. The molecule has 0 aliphatic rings. The maximum atomic E-state index is 12.1. The summed E-state index contributed by atoms with van der Waals surface area (Å²) in [6, 6.07) is 21.6. The van der Waals surface area contributed by atoms with Crippen molar-refractivity contribution in [3.05, 3.63) is 83.2 Å². The van der Waals surface area contributed by atoms with E-state index in [0.717, 1.165) is 5.56 Å². The standard InChI is InChI=1S/C20H21N3O4S/c24-20-12-11-19(17-7-3-1-4-8-17)22-23(20)14-13-21-28(25,26)16-15-27-18-9-5-2-6-10-18/h1-12,21H,13-16H2. The van der Waals surface area contributed by atoms with Gasteiger partial charge in [-0.05, 0) is 18.2 Å². The molecule has 28 heavy (non-hydrogen) atoms. The topological polar surface area (TPSA) is 90.3 Å². The maximum absolute atomic E-state index is 12.1. The highest BCUT2D eigenvalue weighted by atomic mass is 32.2. The Labute approximate surface area is 163 Å². The van der Waals surface area contributed by atoms with Crippen LogP contribution in [0.3, 0.4) is 0 Å². The Morgan fingerprint density at radius 3 is 2.32 bits per heavy atom. The van der Waals surface area contributed by atoms with Crippen molar-refractivity contribution >= 4 is 10.0 Å². The molecule has 0 aliphatic heterocycles. The molecule has 8 heteroatoms. The molecule has 2 aromatic carbocycles. The van der Waals surface area contributed by atoms with Gasteiger partial charge in [0.25, 0.3) is 5.56 Å². The Bertz CT molecular complexity index is 1050. The van der Waals surface area contributed by atoms with E-state index in [1.165, 1.54) is 10.7 Å². The number of hydrogen-bond donors (Lipinski definition) is 1. The lowest BCUT2D eigenvalue weighted by Crippen LogP contribution is -2.34. The van der Waals surface area contributed by atoms with Crippen LogP contribution in [0, 0.1) is 0 Å². The molecule has 0 bridgehead atoms. The number of benzene rings is 2. The van der Waals surface area contributed by atoms with Crippen LogP contribution in [-0.4, -0.2) is 37.1 Å². The second-order valence-corrected chi connectivity index (χ2v) is 7.95. The summed E-state index contributed by atoms with van der Waals surface area (Å²) < 4.78 is 33.3. The first kappa shape index (κ1) is 19.8.